The first-order valence-corrected chi connectivity index (χ1v) is 8.22. The van der Waals surface area contributed by atoms with Gasteiger partial charge in [-0.05, 0) is 24.3 Å². The predicted molar refractivity (Wildman–Crippen MR) is 82.7 cm³/mol. The van der Waals surface area contributed by atoms with Gasteiger partial charge in [-0.25, -0.2) is 9.29 Å². The number of hydrogen-bond acceptors (Lipinski definition) is 5. The summed E-state index contributed by atoms with van der Waals surface area (Å²) in [6.07, 6.45) is 1.55. The number of imide groups is 1. The van der Waals surface area contributed by atoms with Crippen molar-refractivity contribution in [1.29, 1.82) is 0 Å². The lowest BCUT2D eigenvalue weighted by Gasteiger charge is -2.39. The zero-order valence-electron chi connectivity index (χ0n) is 13.2. The number of likely N-dealkylation sites (tertiary alicyclic amines) is 1. The molecule has 2 amide bonds. The Morgan fingerprint density at radius 1 is 1.04 bits per heavy atom. The monoisotopic (exact) mass is 334 g/mol. The van der Waals surface area contributed by atoms with Crippen molar-refractivity contribution >= 4 is 17.5 Å². The Kier molecular flexibility index (Phi) is 3.86. The lowest BCUT2D eigenvalue weighted by Crippen LogP contribution is -2.51. The van der Waals surface area contributed by atoms with Crippen LogP contribution in [0.3, 0.4) is 0 Å². The standard InChI is InChI=1S/C17H19FN2O4/c18-12-1-3-13(4-2-12)20-15(21)11-14(16(20)22)19-7-5-17(6-8-19)23-9-10-24-17/h1-4,14H,5-11H2/t14-/m1/s1. The fourth-order valence-corrected chi connectivity index (χ4v) is 3.72. The molecule has 0 bridgehead atoms. The SMILES string of the molecule is O=C1C[C@@H](N2CCC3(CC2)OCCO3)C(=O)N1c1ccc(F)cc1. The zero-order valence-corrected chi connectivity index (χ0v) is 13.2. The second-order valence-electron chi connectivity index (χ2n) is 6.41. The van der Waals surface area contributed by atoms with Crippen LogP contribution in [0, 0.1) is 5.82 Å². The van der Waals surface area contributed by atoms with Gasteiger partial charge in [-0.15, -0.1) is 0 Å². The lowest BCUT2D eigenvalue weighted by molar-refractivity contribution is -0.188. The molecular formula is C17H19FN2O4. The summed E-state index contributed by atoms with van der Waals surface area (Å²) in [7, 11) is 0. The molecule has 3 heterocycles. The zero-order chi connectivity index (χ0) is 16.7. The van der Waals surface area contributed by atoms with Crippen molar-refractivity contribution in [2.45, 2.75) is 31.1 Å². The maximum atomic E-state index is 13.1. The van der Waals surface area contributed by atoms with Gasteiger partial charge in [0, 0.05) is 25.9 Å². The third kappa shape index (κ3) is 2.62. The average Bonchev–Trinajstić information content (AvgIpc) is 3.15. The van der Waals surface area contributed by atoms with Gasteiger partial charge in [0.1, 0.15) is 5.82 Å². The molecule has 0 saturated carbocycles. The summed E-state index contributed by atoms with van der Waals surface area (Å²) < 4.78 is 24.5. The Morgan fingerprint density at radius 3 is 2.29 bits per heavy atom. The van der Waals surface area contributed by atoms with Crippen LogP contribution in [-0.4, -0.2) is 54.8 Å². The van der Waals surface area contributed by atoms with Gasteiger partial charge in [-0.2, -0.15) is 0 Å². The van der Waals surface area contributed by atoms with E-state index in [1.54, 1.807) is 0 Å². The maximum Gasteiger partial charge on any atom is 0.251 e. The van der Waals surface area contributed by atoms with Crippen molar-refractivity contribution in [3.8, 4) is 0 Å². The minimum absolute atomic E-state index is 0.158. The van der Waals surface area contributed by atoms with Gasteiger partial charge in [0.05, 0.1) is 31.4 Å². The van der Waals surface area contributed by atoms with E-state index in [1.807, 2.05) is 4.90 Å². The molecule has 1 aromatic rings. The molecule has 1 atom stereocenters. The van der Waals surface area contributed by atoms with Gasteiger partial charge in [0.25, 0.3) is 5.91 Å². The van der Waals surface area contributed by atoms with Crippen LogP contribution in [0.15, 0.2) is 24.3 Å². The molecule has 0 N–H and O–H groups in total. The number of benzene rings is 1. The summed E-state index contributed by atoms with van der Waals surface area (Å²) in [5.41, 5.74) is 0.421. The van der Waals surface area contributed by atoms with Crippen molar-refractivity contribution in [3.63, 3.8) is 0 Å². The van der Waals surface area contributed by atoms with Gasteiger partial charge in [0.15, 0.2) is 5.79 Å². The summed E-state index contributed by atoms with van der Waals surface area (Å²) >= 11 is 0. The molecule has 3 aliphatic heterocycles. The van der Waals surface area contributed by atoms with Gasteiger partial charge in [-0.3, -0.25) is 14.5 Å². The molecule has 0 unspecified atom stereocenters. The number of carbonyl (C=O) groups is 2. The van der Waals surface area contributed by atoms with Crippen LogP contribution in [0.2, 0.25) is 0 Å². The fraction of sp³-hybridized carbons (Fsp3) is 0.529. The van der Waals surface area contributed by atoms with Gasteiger partial charge in [-0.1, -0.05) is 0 Å². The second-order valence-corrected chi connectivity index (χ2v) is 6.41. The Labute approximate surface area is 139 Å². The lowest BCUT2D eigenvalue weighted by atomic mass is 10.0. The minimum atomic E-state index is -0.501. The van der Waals surface area contributed by atoms with Crippen LogP contribution in [-0.2, 0) is 19.1 Å². The molecule has 7 heteroatoms. The summed E-state index contributed by atoms with van der Waals surface area (Å²) in [4.78, 5) is 28.2. The Morgan fingerprint density at radius 2 is 1.67 bits per heavy atom. The van der Waals surface area contributed by atoms with Crippen LogP contribution in [0.25, 0.3) is 0 Å². The van der Waals surface area contributed by atoms with Crippen LogP contribution in [0.5, 0.6) is 0 Å². The van der Waals surface area contributed by atoms with E-state index in [-0.39, 0.29) is 18.2 Å². The van der Waals surface area contributed by atoms with Crippen LogP contribution >= 0.6 is 0 Å². The fourth-order valence-electron chi connectivity index (χ4n) is 3.72. The molecule has 0 aliphatic carbocycles. The summed E-state index contributed by atoms with van der Waals surface area (Å²) in [6.45, 7) is 2.53. The molecule has 4 rings (SSSR count). The Balaban J connectivity index is 1.47. The molecule has 0 radical (unpaired) electrons. The largest absolute Gasteiger partial charge is 0.347 e. The number of hydrogen-bond donors (Lipinski definition) is 0. The van der Waals surface area contributed by atoms with E-state index in [1.165, 1.54) is 24.3 Å². The molecule has 3 fully saturated rings. The van der Waals surface area contributed by atoms with Crippen molar-refractivity contribution in [3.05, 3.63) is 30.1 Å². The topological polar surface area (TPSA) is 59.1 Å². The van der Waals surface area contributed by atoms with E-state index in [4.69, 9.17) is 9.47 Å². The first-order chi connectivity index (χ1) is 11.6. The van der Waals surface area contributed by atoms with Crippen LogP contribution in [0.1, 0.15) is 19.3 Å². The number of ether oxygens (including phenoxy) is 2. The van der Waals surface area contributed by atoms with Crippen molar-refractivity contribution in [1.82, 2.24) is 4.90 Å². The number of piperidine rings is 1. The van der Waals surface area contributed by atoms with Gasteiger partial charge in [0.2, 0.25) is 5.91 Å². The first-order valence-electron chi connectivity index (χ1n) is 8.22. The number of rotatable bonds is 2. The highest BCUT2D eigenvalue weighted by atomic mass is 19.1. The molecule has 6 nitrogen and oxygen atoms in total. The molecule has 3 aliphatic rings. The molecular weight excluding hydrogens is 315 g/mol. The van der Waals surface area contributed by atoms with Crippen LogP contribution in [0.4, 0.5) is 10.1 Å². The predicted octanol–water partition coefficient (Wildman–Crippen LogP) is 1.30. The average molecular weight is 334 g/mol. The van der Waals surface area contributed by atoms with Crippen molar-refractivity contribution in [2.24, 2.45) is 0 Å². The highest BCUT2D eigenvalue weighted by Crippen LogP contribution is 2.34. The molecule has 0 aromatic heterocycles. The maximum absolute atomic E-state index is 13.1. The second kappa shape index (κ2) is 5.91. The summed E-state index contributed by atoms with van der Waals surface area (Å²) in [6, 6.07) is 4.96. The summed E-state index contributed by atoms with van der Waals surface area (Å²) in [5, 5.41) is 0. The summed E-state index contributed by atoms with van der Waals surface area (Å²) in [5.74, 6) is -1.38. The molecule has 1 spiro atoms. The van der Waals surface area contributed by atoms with Gasteiger partial charge >= 0.3 is 0 Å². The molecule has 128 valence electrons. The number of carbonyl (C=O) groups excluding carboxylic acids is 2. The van der Waals surface area contributed by atoms with E-state index in [0.29, 0.717) is 44.8 Å². The normalized spacial score (nSPS) is 27.4. The van der Waals surface area contributed by atoms with Crippen molar-refractivity contribution < 1.29 is 23.5 Å². The van der Waals surface area contributed by atoms with E-state index >= 15 is 0 Å². The number of anilines is 1. The van der Waals surface area contributed by atoms with Gasteiger partial charge < -0.3 is 9.47 Å². The third-order valence-electron chi connectivity index (χ3n) is 5.02. The highest BCUT2D eigenvalue weighted by molar-refractivity contribution is 6.22. The highest BCUT2D eigenvalue weighted by Gasteiger charge is 2.47. The number of amides is 2. The smallest absolute Gasteiger partial charge is 0.251 e. The molecule has 24 heavy (non-hydrogen) atoms. The number of halogens is 1. The molecule has 3 saturated heterocycles. The number of nitrogens with zero attached hydrogens (tertiary/aromatic N) is 2. The minimum Gasteiger partial charge on any atom is -0.347 e. The first kappa shape index (κ1) is 15.7. The van der Waals surface area contributed by atoms with Crippen LogP contribution < -0.4 is 4.90 Å². The van der Waals surface area contributed by atoms with E-state index in [2.05, 4.69) is 0 Å². The Bertz CT molecular complexity index is 647. The van der Waals surface area contributed by atoms with E-state index in [0.717, 1.165) is 4.90 Å². The van der Waals surface area contributed by atoms with E-state index in [9.17, 15) is 14.0 Å². The third-order valence-corrected chi connectivity index (χ3v) is 5.02. The quantitative estimate of drug-likeness (QED) is 0.763. The van der Waals surface area contributed by atoms with E-state index < -0.39 is 17.6 Å². The molecule has 1 aromatic carbocycles. The van der Waals surface area contributed by atoms with Crippen molar-refractivity contribution in [2.75, 3.05) is 31.2 Å². The Hall–Kier alpha value is -1.83.